The largest absolute Gasteiger partial charge is 0.477 e. The third-order valence-corrected chi connectivity index (χ3v) is 10.9. The minimum Gasteiger partial charge on any atom is -0.477 e. The Morgan fingerprint density at radius 2 is 0.897 bits per heavy atom. The Kier molecular flexibility index (Phi) is 12.6. The molecule has 18 heteroatoms. The molecule has 0 amide bonds. The molecule has 0 saturated heterocycles. The number of fused-ring (bicyclic) bond motifs is 2. The second kappa shape index (κ2) is 19.3. The second-order valence-electron chi connectivity index (χ2n) is 14.9. The van der Waals surface area contributed by atoms with Crippen molar-refractivity contribution in [2.75, 3.05) is 14.2 Å². The van der Waals surface area contributed by atoms with Crippen molar-refractivity contribution < 1.29 is 31.9 Å². The van der Waals surface area contributed by atoms with E-state index in [0.29, 0.717) is 51.4 Å². The van der Waals surface area contributed by atoms with Crippen LogP contribution >= 0.6 is 0 Å². The topological polar surface area (TPSA) is 220 Å². The first-order chi connectivity index (χ1) is 33.0. The lowest BCUT2D eigenvalue weighted by Crippen LogP contribution is -2.01. The highest BCUT2D eigenvalue weighted by Crippen LogP contribution is 2.34. The van der Waals surface area contributed by atoms with E-state index in [4.69, 9.17) is 28.9 Å². The van der Waals surface area contributed by atoms with E-state index in [9.17, 15) is 13.0 Å². The second-order valence-corrected chi connectivity index (χ2v) is 16.3. The number of aromatic nitrogens is 10. The molecule has 0 saturated carbocycles. The van der Waals surface area contributed by atoms with Gasteiger partial charge in [-0.1, -0.05) is 30.3 Å². The van der Waals surface area contributed by atoms with Gasteiger partial charge in [-0.15, -0.1) is 0 Å². The quantitative estimate of drug-likeness (QED) is 0.119. The molecule has 0 atom stereocenters. The van der Waals surface area contributed by atoms with Gasteiger partial charge in [-0.25, -0.2) is 29.9 Å². The Bertz CT molecular complexity index is 3580. The SMILES string of the molecule is COc1nc2ccc(S(=O)(=O)O)cc2nc1Oc1ccnc(-c2cccc(-c3cc(C)ccn3)n2)c1.COc1nc2ccccc2nc1Oc1ccnc(-c2cccc(-c3ccc(C)cn3)n2)c1. The van der Waals surface area contributed by atoms with Gasteiger partial charge in [-0.05, 0) is 110 Å². The van der Waals surface area contributed by atoms with Crippen LogP contribution in [0.15, 0.2) is 157 Å². The normalized spacial score (nSPS) is 11.1. The molecule has 0 spiro atoms. The van der Waals surface area contributed by atoms with Gasteiger partial charge < -0.3 is 18.9 Å². The first kappa shape index (κ1) is 44.3. The molecular formula is C50H38N10O7S. The van der Waals surface area contributed by atoms with Crippen LogP contribution in [0.2, 0.25) is 0 Å². The van der Waals surface area contributed by atoms with Crippen LogP contribution in [0.3, 0.4) is 0 Å². The van der Waals surface area contributed by atoms with Crippen molar-refractivity contribution in [1.82, 2.24) is 49.8 Å². The summed E-state index contributed by atoms with van der Waals surface area (Å²) >= 11 is 0. The van der Waals surface area contributed by atoms with Crippen LogP contribution in [-0.2, 0) is 10.1 Å². The van der Waals surface area contributed by atoms with Crippen LogP contribution in [0.4, 0.5) is 0 Å². The van der Waals surface area contributed by atoms with E-state index < -0.39 is 10.1 Å². The summed E-state index contributed by atoms with van der Waals surface area (Å²) in [6.07, 6.45) is 6.81. The number of methoxy groups -OCH3 is 2. The zero-order valence-corrected chi connectivity index (χ0v) is 37.5. The van der Waals surface area contributed by atoms with E-state index in [-0.39, 0.29) is 28.1 Å². The van der Waals surface area contributed by atoms with E-state index in [2.05, 4.69) is 39.9 Å². The van der Waals surface area contributed by atoms with Crippen molar-refractivity contribution in [2.24, 2.45) is 0 Å². The van der Waals surface area contributed by atoms with Crippen molar-refractivity contribution in [2.45, 2.75) is 18.7 Å². The summed E-state index contributed by atoms with van der Waals surface area (Å²) in [6.45, 7) is 4.00. The van der Waals surface area contributed by atoms with Crippen LogP contribution in [-0.4, -0.2) is 77.0 Å². The molecule has 8 heterocycles. The molecule has 10 aromatic rings. The number of pyridine rings is 6. The molecule has 0 aliphatic heterocycles. The Morgan fingerprint density at radius 3 is 1.40 bits per heavy atom. The fourth-order valence-electron chi connectivity index (χ4n) is 6.72. The van der Waals surface area contributed by atoms with E-state index in [1.165, 1.54) is 32.4 Å². The lowest BCUT2D eigenvalue weighted by molar-refractivity contribution is 0.357. The lowest BCUT2D eigenvalue weighted by Gasteiger charge is -2.11. The van der Waals surface area contributed by atoms with Crippen LogP contribution in [0.5, 0.6) is 35.0 Å². The third kappa shape index (κ3) is 10.2. The fraction of sp³-hybridized carbons (Fsp3) is 0.0800. The maximum absolute atomic E-state index is 11.5. The smallest absolute Gasteiger partial charge is 0.294 e. The molecule has 0 aliphatic carbocycles. The molecule has 2 aromatic carbocycles. The van der Waals surface area contributed by atoms with Crippen molar-refractivity contribution in [3.8, 4) is 80.6 Å². The third-order valence-electron chi connectivity index (χ3n) is 10.0. The van der Waals surface area contributed by atoms with Crippen LogP contribution in [0.25, 0.3) is 67.6 Å². The maximum Gasteiger partial charge on any atom is 0.294 e. The summed E-state index contributed by atoms with van der Waals surface area (Å²) in [7, 11) is -1.45. The van der Waals surface area contributed by atoms with Gasteiger partial charge in [0.2, 0.25) is 0 Å². The van der Waals surface area contributed by atoms with Gasteiger partial charge in [0.05, 0.1) is 86.7 Å². The fourth-order valence-corrected chi connectivity index (χ4v) is 7.22. The average Bonchev–Trinajstić information content (AvgIpc) is 3.36. The predicted octanol–water partition coefficient (Wildman–Crippen LogP) is 9.76. The minimum absolute atomic E-state index is 0.0142. The number of benzene rings is 2. The van der Waals surface area contributed by atoms with Gasteiger partial charge >= 0.3 is 0 Å². The molecule has 1 N–H and O–H groups in total. The Morgan fingerprint density at radius 1 is 0.412 bits per heavy atom. The molecule has 17 nitrogen and oxygen atoms in total. The first-order valence-corrected chi connectivity index (χ1v) is 22.2. The molecule has 8 aromatic heterocycles. The zero-order valence-electron chi connectivity index (χ0n) is 36.7. The number of nitrogens with zero attached hydrogens (tertiary/aromatic N) is 10. The van der Waals surface area contributed by atoms with Crippen molar-refractivity contribution in [1.29, 1.82) is 0 Å². The minimum atomic E-state index is -4.40. The Hall–Kier alpha value is -8.87. The average molecular weight is 923 g/mol. The van der Waals surface area contributed by atoms with E-state index >= 15 is 0 Å². The summed E-state index contributed by atoms with van der Waals surface area (Å²) in [6, 6.07) is 37.5. The van der Waals surface area contributed by atoms with E-state index in [0.717, 1.165) is 39.2 Å². The molecular weight excluding hydrogens is 885 g/mol. The van der Waals surface area contributed by atoms with Crippen molar-refractivity contribution >= 4 is 32.2 Å². The molecule has 336 valence electrons. The summed E-state index contributed by atoms with van der Waals surface area (Å²) in [5, 5.41) is 0. The lowest BCUT2D eigenvalue weighted by atomic mass is 10.1. The number of hydrogen-bond acceptors (Lipinski definition) is 16. The number of rotatable bonds is 11. The molecule has 0 fully saturated rings. The zero-order chi connectivity index (χ0) is 47.2. The van der Waals surface area contributed by atoms with Crippen LogP contribution in [0, 0.1) is 13.8 Å². The Balaban J connectivity index is 0.000000171. The summed E-state index contributed by atoms with van der Waals surface area (Å²) in [5.74, 6) is 1.66. The highest BCUT2D eigenvalue weighted by Gasteiger charge is 2.18. The van der Waals surface area contributed by atoms with E-state index in [1.807, 2.05) is 111 Å². The molecule has 0 unspecified atom stereocenters. The first-order valence-electron chi connectivity index (χ1n) is 20.7. The summed E-state index contributed by atoms with van der Waals surface area (Å²) in [5.41, 5.74) is 9.82. The highest BCUT2D eigenvalue weighted by molar-refractivity contribution is 7.85. The molecule has 68 heavy (non-hydrogen) atoms. The standard InChI is InChI=1S/C25H19N5O5S.C25H19N5O2/c1-15-8-10-26-21(12-15)18-4-3-5-19(28-18)22-13-16(9-11-27-22)35-25-24(34-2)29-20-7-6-17(36(31,32)33)14-23(20)30-25;1-16-10-11-18(27-15-16)19-8-5-9-22(28-19)23-14-17(12-13-26-23)32-25-24(31-2)29-20-6-3-4-7-21(20)30-25/h3-14H,1-2H3,(H,31,32,33);3-15H,1-2H3. The van der Waals surface area contributed by atoms with Gasteiger partial charge in [0, 0.05) is 36.9 Å². The molecule has 0 aliphatic rings. The number of ether oxygens (including phenoxy) is 4. The number of hydrogen-bond donors (Lipinski definition) is 1. The van der Waals surface area contributed by atoms with Gasteiger partial charge in [0.1, 0.15) is 11.5 Å². The monoisotopic (exact) mass is 922 g/mol. The summed E-state index contributed by atoms with van der Waals surface area (Å²) < 4.78 is 55.0. The Labute approximate surface area is 389 Å². The van der Waals surface area contributed by atoms with Gasteiger partial charge in [0.15, 0.2) is 0 Å². The summed E-state index contributed by atoms with van der Waals surface area (Å²) in [4.78, 5) is 44.6. The van der Waals surface area contributed by atoms with Gasteiger partial charge in [-0.2, -0.15) is 8.42 Å². The number of para-hydroxylation sites is 2. The highest BCUT2D eigenvalue weighted by atomic mass is 32.2. The van der Waals surface area contributed by atoms with Crippen molar-refractivity contribution in [3.63, 3.8) is 0 Å². The van der Waals surface area contributed by atoms with E-state index in [1.54, 1.807) is 36.8 Å². The maximum atomic E-state index is 11.5. The van der Waals surface area contributed by atoms with Crippen LogP contribution < -0.4 is 18.9 Å². The number of aryl methyl sites for hydroxylation is 2. The molecule has 0 radical (unpaired) electrons. The van der Waals surface area contributed by atoms with Crippen LogP contribution in [0.1, 0.15) is 11.1 Å². The predicted molar refractivity (Wildman–Crippen MR) is 253 cm³/mol. The molecule has 10 rings (SSSR count). The van der Waals surface area contributed by atoms with Crippen molar-refractivity contribution in [3.05, 3.63) is 163 Å². The van der Waals surface area contributed by atoms with Gasteiger partial charge in [-0.3, -0.25) is 24.5 Å². The molecule has 0 bridgehead atoms. The van der Waals surface area contributed by atoms with Gasteiger partial charge in [0.25, 0.3) is 33.6 Å².